The minimum atomic E-state index is -0.978. The average molecular weight is 345 g/mol. The average Bonchev–Trinajstić information content (AvgIpc) is 3.14. The van der Waals surface area contributed by atoms with Crippen LogP contribution in [0.15, 0.2) is 48.5 Å². The van der Waals surface area contributed by atoms with Crippen molar-refractivity contribution in [2.75, 3.05) is 0 Å². The second-order valence-electron chi connectivity index (χ2n) is 6.52. The third-order valence-electron chi connectivity index (χ3n) is 4.66. The second-order valence-corrected chi connectivity index (χ2v) is 6.52. The molecule has 2 aromatic carbocycles. The highest BCUT2D eigenvalue weighted by Gasteiger charge is 2.17. The summed E-state index contributed by atoms with van der Waals surface area (Å²) < 4.78 is 2.18. The Balaban J connectivity index is 2.02. The highest BCUT2D eigenvalue weighted by molar-refractivity contribution is 6.03. The number of carboxylic acids is 1. The second kappa shape index (κ2) is 5.88. The van der Waals surface area contributed by atoms with Gasteiger partial charge in [-0.15, -0.1) is 0 Å². The van der Waals surface area contributed by atoms with Crippen LogP contribution >= 0.6 is 0 Å². The highest BCUT2D eigenvalue weighted by atomic mass is 16.4. The number of benzene rings is 2. The Labute approximate surface area is 150 Å². The fourth-order valence-corrected chi connectivity index (χ4v) is 3.52. The lowest BCUT2D eigenvalue weighted by molar-refractivity contribution is 0.0699. The monoisotopic (exact) mass is 345 g/mol. The molecule has 0 spiro atoms. The van der Waals surface area contributed by atoms with Crippen LogP contribution < -0.4 is 0 Å². The van der Waals surface area contributed by atoms with E-state index < -0.39 is 5.97 Å². The summed E-state index contributed by atoms with van der Waals surface area (Å²) in [6.07, 6.45) is 0. The number of fused-ring (bicyclic) bond motifs is 1. The summed E-state index contributed by atoms with van der Waals surface area (Å²) in [7, 11) is 0. The van der Waals surface area contributed by atoms with E-state index in [4.69, 9.17) is 0 Å². The molecule has 0 radical (unpaired) electrons. The first kappa shape index (κ1) is 16.1. The lowest BCUT2D eigenvalue weighted by atomic mass is 9.99. The van der Waals surface area contributed by atoms with Gasteiger partial charge >= 0.3 is 5.97 Å². The van der Waals surface area contributed by atoms with Gasteiger partial charge in [0, 0.05) is 17.0 Å². The van der Waals surface area contributed by atoms with Gasteiger partial charge in [0.1, 0.15) is 11.3 Å². The third-order valence-corrected chi connectivity index (χ3v) is 4.66. The van der Waals surface area contributed by atoms with Gasteiger partial charge in [0.2, 0.25) is 0 Å². The summed E-state index contributed by atoms with van der Waals surface area (Å²) in [5, 5.41) is 9.65. The molecule has 0 amide bonds. The van der Waals surface area contributed by atoms with Crippen molar-refractivity contribution in [3.05, 3.63) is 71.3 Å². The predicted molar refractivity (Wildman–Crippen MR) is 102 cm³/mol. The molecule has 0 saturated carbocycles. The van der Waals surface area contributed by atoms with Crippen molar-refractivity contribution in [1.29, 1.82) is 0 Å². The van der Waals surface area contributed by atoms with Crippen LogP contribution in [0, 0.1) is 20.8 Å². The molecule has 0 saturated heterocycles. The van der Waals surface area contributed by atoms with E-state index in [0.29, 0.717) is 11.3 Å². The van der Waals surface area contributed by atoms with E-state index in [9.17, 15) is 9.90 Å². The summed E-state index contributed by atoms with van der Waals surface area (Å²) in [6, 6.07) is 15.9. The van der Waals surface area contributed by atoms with Gasteiger partial charge in [-0.05, 0) is 56.7 Å². The Morgan fingerprint density at radius 1 is 1.04 bits per heavy atom. The van der Waals surface area contributed by atoms with Crippen molar-refractivity contribution in [2.45, 2.75) is 20.8 Å². The van der Waals surface area contributed by atoms with Crippen molar-refractivity contribution in [3.8, 4) is 16.8 Å². The highest BCUT2D eigenvalue weighted by Crippen LogP contribution is 2.32. The van der Waals surface area contributed by atoms with Crippen molar-refractivity contribution in [2.24, 2.45) is 0 Å². The van der Waals surface area contributed by atoms with E-state index in [1.165, 1.54) is 0 Å². The molecule has 5 heteroatoms. The van der Waals surface area contributed by atoms with Gasteiger partial charge in [0.15, 0.2) is 0 Å². The Morgan fingerprint density at radius 2 is 1.73 bits per heavy atom. The molecule has 4 rings (SSSR count). The van der Waals surface area contributed by atoms with Crippen LogP contribution in [-0.2, 0) is 0 Å². The zero-order valence-electron chi connectivity index (χ0n) is 14.9. The van der Waals surface area contributed by atoms with Gasteiger partial charge in [0.05, 0.1) is 16.8 Å². The number of hydrogen-bond acceptors (Lipinski definition) is 2. The molecule has 0 aliphatic rings. The number of aromatic amines is 1. The van der Waals surface area contributed by atoms with Crippen molar-refractivity contribution in [1.82, 2.24) is 14.5 Å². The molecule has 2 aromatic heterocycles. The SMILES string of the molecule is Cc1nc2c(C(=O)O)cc(-c3ccccc3-n3c(C)ccc3C)cc2[nH]1. The normalized spacial score (nSPS) is 11.2. The maximum Gasteiger partial charge on any atom is 0.337 e. The third kappa shape index (κ3) is 2.49. The van der Waals surface area contributed by atoms with Gasteiger partial charge < -0.3 is 14.7 Å². The zero-order valence-corrected chi connectivity index (χ0v) is 14.9. The zero-order chi connectivity index (χ0) is 18.4. The van der Waals surface area contributed by atoms with E-state index >= 15 is 0 Å². The van der Waals surface area contributed by atoms with E-state index in [-0.39, 0.29) is 5.56 Å². The van der Waals surface area contributed by atoms with Crippen LogP contribution in [0.2, 0.25) is 0 Å². The topological polar surface area (TPSA) is 70.9 Å². The first-order valence-corrected chi connectivity index (χ1v) is 8.44. The van der Waals surface area contributed by atoms with Crippen LogP contribution in [0.1, 0.15) is 27.6 Å². The van der Waals surface area contributed by atoms with E-state index in [0.717, 1.165) is 33.7 Å². The predicted octanol–water partition coefficient (Wildman–Crippen LogP) is 4.64. The molecule has 0 fully saturated rings. The molecule has 0 aliphatic heterocycles. The van der Waals surface area contributed by atoms with Crippen molar-refractivity contribution < 1.29 is 9.90 Å². The minimum Gasteiger partial charge on any atom is -0.478 e. The largest absolute Gasteiger partial charge is 0.478 e. The lowest BCUT2D eigenvalue weighted by Gasteiger charge is -2.15. The van der Waals surface area contributed by atoms with Gasteiger partial charge in [0.25, 0.3) is 0 Å². The fraction of sp³-hybridized carbons (Fsp3) is 0.143. The molecule has 0 aliphatic carbocycles. The molecule has 0 bridgehead atoms. The molecular formula is C21H19N3O2. The molecule has 2 heterocycles. The molecule has 0 atom stereocenters. The first-order valence-electron chi connectivity index (χ1n) is 8.44. The number of carboxylic acid groups (broad SMARTS) is 1. The lowest BCUT2D eigenvalue weighted by Crippen LogP contribution is -2.02. The Bertz CT molecular complexity index is 1130. The van der Waals surface area contributed by atoms with E-state index in [2.05, 4.69) is 46.6 Å². The number of carbonyl (C=O) groups is 1. The van der Waals surface area contributed by atoms with Gasteiger partial charge in [-0.3, -0.25) is 0 Å². The number of para-hydroxylation sites is 1. The molecular weight excluding hydrogens is 326 g/mol. The van der Waals surface area contributed by atoms with Crippen LogP contribution in [0.4, 0.5) is 0 Å². The number of aryl methyl sites for hydroxylation is 3. The van der Waals surface area contributed by atoms with Gasteiger partial charge in [-0.25, -0.2) is 9.78 Å². The summed E-state index contributed by atoms with van der Waals surface area (Å²) in [6.45, 7) is 5.95. The number of imidazole rings is 1. The molecule has 5 nitrogen and oxygen atoms in total. The minimum absolute atomic E-state index is 0.206. The summed E-state index contributed by atoms with van der Waals surface area (Å²) in [5.41, 5.74) is 6.54. The van der Waals surface area contributed by atoms with Crippen molar-refractivity contribution in [3.63, 3.8) is 0 Å². The van der Waals surface area contributed by atoms with Crippen molar-refractivity contribution >= 4 is 17.0 Å². The van der Waals surface area contributed by atoms with Gasteiger partial charge in [-0.2, -0.15) is 0 Å². The maximum atomic E-state index is 11.8. The standard InChI is InChI=1S/C21H19N3O2/c1-12-8-9-13(2)24(12)19-7-5-4-6-16(19)15-10-17(21(25)26)20-18(11-15)22-14(3)23-20/h4-11H,1-3H3,(H,22,23)(H,25,26). The summed E-state index contributed by atoms with van der Waals surface area (Å²) in [5.74, 6) is -0.279. The molecule has 2 N–H and O–H groups in total. The first-order chi connectivity index (χ1) is 12.5. The Kier molecular flexibility index (Phi) is 3.65. The summed E-state index contributed by atoms with van der Waals surface area (Å²) >= 11 is 0. The van der Waals surface area contributed by atoms with Crippen LogP contribution in [0.5, 0.6) is 0 Å². The number of hydrogen-bond donors (Lipinski definition) is 2. The Hall–Kier alpha value is -3.34. The maximum absolute atomic E-state index is 11.8. The van der Waals surface area contributed by atoms with E-state index in [1.54, 1.807) is 6.07 Å². The smallest absolute Gasteiger partial charge is 0.337 e. The van der Waals surface area contributed by atoms with Crippen LogP contribution in [0.3, 0.4) is 0 Å². The number of rotatable bonds is 3. The summed E-state index contributed by atoms with van der Waals surface area (Å²) in [4.78, 5) is 19.3. The van der Waals surface area contributed by atoms with Crippen LogP contribution in [-0.4, -0.2) is 25.6 Å². The number of nitrogens with zero attached hydrogens (tertiary/aromatic N) is 2. The Morgan fingerprint density at radius 3 is 2.42 bits per heavy atom. The van der Waals surface area contributed by atoms with Crippen LogP contribution in [0.25, 0.3) is 27.8 Å². The number of H-pyrrole nitrogens is 1. The number of aromatic carboxylic acids is 1. The molecule has 4 aromatic rings. The number of nitrogens with one attached hydrogen (secondary N) is 1. The fourth-order valence-electron chi connectivity index (χ4n) is 3.52. The molecule has 0 unspecified atom stereocenters. The molecule has 130 valence electrons. The number of aromatic nitrogens is 3. The van der Waals surface area contributed by atoms with E-state index in [1.807, 2.05) is 31.2 Å². The molecule has 26 heavy (non-hydrogen) atoms. The van der Waals surface area contributed by atoms with Gasteiger partial charge in [-0.1, -0.05) is 18.2 Å². The quantitative estimate of drug-likeness (QED) is 0.568.